The van der Waals surface area contributed by atoms with Crippen LogP contribution in [0.4, 0.5) is 24.1 Å². The lowest BCUT2D eigenvalue weighted by atomic mass is 10.1. The number of rotatable bonds is 6. The maximum atomic E-state index is 13.2. The second-order valence-corrected chi connectivity index (χ2v) is 11.2. The topological polar surface area (TPSA) is 143 Å². The van der Waals surface area contributed by atoms with Crippen LogP contribution in [-0.2, 0) is 11.3 Å². The molecule has 0 radical (unpaired) electrons. The molecule has 2 atom stereocenters. The number of amides is 2. The number of likely N-dealkylation sites (tertiary alicyclic amines) is 2. The number of piperazine rings is 1. The molecule has 0 aliphatic carbocycles. The average molecular weight is 636 g/mol. The molecule has 4 heterocycles. The molecule has 2 N–H and O–H groups in total. The smallest absolute Gasteiger partial charge is 0.475 e. The molecule has 3 aromatic rings. The number of alkyl halides is 3. The zero-order valence-corrected chi connectivity index (χ0v) is 24.4. The first-order valence-corrected chi connectivity index (χ1v) is 14.0. The summed E-state index contributed by atoms with van der Waals surface area (Å²) in [4.78, 5) is 49.5. The maximum Gasteiger partial charge on any atom is 0.490 e. The SMILES string of the molecule is CN(C)C(=O)c1cc(CN2C[C@@H]3C[C@H]2CN3C(=O)c2cccc(Cl)c2C#N)nc(Nc2nccs2)c1.O=C(O)C(F)(F)F. The van der Waals surface area contributed by atoms with Gasteiger partial charge in [-0.2, -0.15) is 18.4 Å². The van der Waals surface area contributed by atoms with Crippen LogP contribution in [0.5, 0.6) is 0 Å². The first kappa shape index (κ1) is 31.7. The Kier molecular flexibility index (Phi) is 9.53. The number of anilines is 2. The third-order valence-electron chi connectivity index (χ3n) is 6.78. The lowest BCUT2D eigenvalue weighted by Crippen LogP contribution is -2.48. The van der Waals surface area contributed by atoms with E-state index in [1.54, 1.807) is 49.5 Å². The van der Waals surface area contributed by atoms with E-state index in [2.05, 4.69) is 21.3 Å². The molecule has 43 heavy (non-hydrogen) atoms. The van der Waals surface area contributed by atoms with Crippen LogP contribution in [0, 0.1) is 11.3 Å². The number of carboxylic acid groups (broad SMARTS) is 1. The second kappa shape index (κ2) is 12.9. The van der Waals surface area contributed by atoms with Crippen LogP contribution in [0.25, 0.3) is 0 Å². The van der Waals surface area contributed by atoms with Gasteiger partial charge in [0, 0.05) is 63.0 Å². The number of benzene rings is 1. The van der Waals surface area contributed by atoms with Crippen LogP contribution in [0.15, 0.2) is 41.9 Å². The number of nitriles is 1. The van der Waals surface area contributed by atoms with Crippen LogP contribution in [0.2, 0.25) is 5.02 Å². The van der Waals surface area contributed by atoms with E-state index in [0.717, 1.165) is 12.1 Å². The van der Waals surface area contributed by atoms with Gasteiger partial charge >= 0.3 is 12.1 Å². The van der Waals surface area contributed by atoms with Crippen LogP contribution in [0.3, 0.4) is 0 Å². The van der Waals surface area contributed by atoms with Crippen molar-refractivity contribution in [1.82, 2.24) is 24.7 Å². The molecule has 2 fully saturated rings. The molecule has 16 heteroatoms. The quantitative estimate of drug-likeness (QED) is 0.407. The molecule has 5 rings (SSSR count). The number of halogens is 4. The number of nitrogens with zero attached hydrogens (tertiary/aromatic N) is 6. The Morgan fingerprint density at radius 3 is 2.51 bits per heavy atom. The van der Waals surface area contributed by atoms with Gasteiger partial charge < -0.3 is 20.2 Å². The Labute approximate surface area is 253 Å². The number of hydrogen-bond acceptors (Lipinski definition) is 9. The molecular weight excluding hydrogens is 611 g/mol. The van der Waals surface area contributed by atoms with Crippen molar-refractivity contribution in [3.05, 3.63) is 69.3 Å². The number of fused-ring (bicyclic) bond motifs is 2. The standard InChI is InChI=1S/C25H24ClN7O2S.C2HF3O2/c1-31(2)23(34)15-8-16(29-22(9-15)30-25-28-6-7-36-25)12-32-13-18-10-17(32)14-33(18)24(35)19-4-3-5-21(26)20(19)11-27;3-2(4,5)1(6)7/h3-9,17-18H,10,12-14H2,1-2H3,(H,28,29,30);(H,6,7)/t17-,18-;/m0./s1. The van der Waals surface area contributed by atoms with Crippen molar-refractivity contribution < 1.29 is 32.7 Å². The Morgan fingerprint density at radius 2 is 1.95 bits per heavy atom. The minimum absolute atomic E-state index is 0.0486. The summed E-state index contributed by atoms with van der Waals surface area (Å²) in [5.41, 5.74) is 1.89. The predicted octanol–water partition coefficient (Wildman–Crippen LogP) is 4.24. The van der Waals surface area contributed by atoms with Crippen LogP contribution in [0.1, 0.15) is 38.4 Å². The molecule has 2 aliphatic heterocycles. The van der Waals surface area contributed by atoms with Gasteiger partial charge in [-0.3, -0.25) is 14.5 Å². The second-order valence-electron chi connectivity index (χ2n) is 9.90. The lowest BCUT2D eigenvalue weighted by molar-refractivity contribution is -0.192. The number of carbonyl (C=O) groups is 3. The largest absolute Gasteiger partial charge is 0.490 e. The van der Waals surface area contributed by atoms with Crippen molar-refractivity contribution in [2.24, 2.45) is 0 Å². The molecule has 226 valence electrons. The van der Waals surface area contributed by atoms with E-state index in [4.69, 9.17) is 26.5 Å². The van der Waals surface area contributed by atoms with Gasteiger partial charge in [0.15, 0.2) is 5.13 Å². The minimum atomic E-state index is -5.08. The zero-order chi connectivity index (χ0) is 31.5. The first-order valence-electron chi connectivity index (χ1n) is 12.7. The first-order chi connectivity index (χ1) is 20.3. The van der Waals surface area contributed by atoms with Gasteiger partial charge in [0.1, 0.15) is 11.9 Å². The molecule has 2 bridgehead atoms. The number of hydrogen-bond donors (Lipinski definition) is 2. The zero-order valence-electron chi connectivity index (χ0n) is 22.8. The van der Waals surface area contributed by atoms with Crippen LogP contribution < -0.4 is 5.32 Å². The maximum absolute atomic E-state index is 13.2. The Bertz CT molecular complexity index is 1560. The summed E-state index contributed by atoms with van der Waals surface area (Å²) in [6.45, 7) is 1.83. The lowest BCUT2D eigenvalue weighted by Gasteiger charge is -2.34. The van der Waals surface area contributed by atoms with Crippen LogP contribution in [-0.4, -0.2) is 93.0 Å². The van der Waals surface area contributed by atoms with Crippen molar-refractivity contribution in [2.75, 3.05) is 32.5 Å². The minimum Gasteiger partial charge on any atom is -0.475 e. The number of pyridine rings is 1. The van der Waals surface area contributed by atoms with E-state index in [-0.39, 0.29) is 34.5 Å². The summed E-state index contributed by atoms with van der Waals surface area (Å²) in [6, 6.07) is 10.8. The highest BCUT2D eigenvalue weighted by Gasteiger charge is 2.45. The molecule has 0 unspecified atom stereocenters. The highest BCUT2D eigenvalue weighted by atomic mass is 35.5. The summed E-state index contributed by atoms with van der Waals surface area (Å²) in [5, 5.41) is 22.6. The molecular formula is C27H25ClF3N7O4S. The van der Waals surface area contributed by atoms with Crippen molar-refractivity contribution in [2.45, 2.75) is 31.2 Å². The molecule has 11 nitrogen and oxygen atoms in total. The number of carbonyl (C=O) groups excluding carboxylic acids is 2. The van der Waals surface area contributed by atoms with Gasteiger partial charge in [-0.25, -0.2) is 14.8 Å². The highest BCUT2D eigenvalue weighted by Crippen LogP contribution is 2.34. The molecule has 2 amide bonds. The number of carboxylic acids is 1. The highest BCUT2D eigenvalue weighted by molar-refractivity contribution is 7.13. The Morgan fingerprint density at radius 1 is 1.23 bits per heavy atom. The molecule has 2 aromatic heterocycles. The van der Waals surface area contributed by atoms with Gasteiger partial charge in [0.25, 0.3) is 11.8 Å². The summed E-state index contributed by atoms with van der Waals surface area (Å²) < 4.78 is 31.7. The van der Waals surface area contributed by atoms with Gasteiger partial charge in [0.05, 0.1) is 21.8 Å². The van der Waals surface area contributed by atoms with Crippen molar-refractivity contribution in [3.8, 4) is 6.07 Å². The number of thiazole rings is 1. The van der Waals surface area contributed by atoms with Crippen molar-refractivity contribution >= 4 is 51.7 Å². The van der Waals surface area contributed by atoms with E-state index in [1.165, 1.54) is 11.3 Å². The normalized spacial score (nSPS) is 17.6. The summed E-state index contributed by atoms with van der Waals surface area (Å²) in [5.74, 6) is -2.45. The van der Waals surface area contributed by atoms with Crippen LogP contribution >= 0.6 is 22.9 Å². The Balaban J connectivity index is 0.000000541. The molecule has 0 spiro atoms. The molecule has 2 aliphatic rings. The summed E-state index contributed by atoms with van der Waals surface area (Å²) in [7, 11) is 3.44. The molecule has 0 saturated carbocycles. The van der Waals surface area contributed by atoms with Gasteiger partial charge in [-0.15, -0.1) is 11.3 Å². The van der Waals surface area contributed by atoms with E-state index in [9.17, 15) is 28.0 Å². The van der Waals surface area contributed by atoms with Gasteiger partial charge in [0.2, 0.25) is 0 Å². The third-order valence-corrected chi connectivity index (χ3v) is 7.78. The summed E-state index contributed by atoms with van der Waals surface area (Å²) in [6.07, 6.45) is -2.52. The Hall–Kier alpha value is -4.26. The number of aromatic nitrogens is 2. The number of nitrogens with one attached hydrogen (secondary N) is 1. The monoisotopic (exact) mass is 635 g/mol. The van der Waals surface area contributed by atoms with E-state index in [1.807, 2.05) is 16.3 Å². The number of aliphatic carboxylic acids is 1. The van der Waals surface area contributed by atoms with Gasteiger partial charge in [-0.05, 0) is 30.7 Å². The van der Waals surface area contributed by atoms with E-state index in [0.29, 0.717) is 41.7 Å². The molecule has 2 saturated heterocycles. The fraction of sp³-hybridized carbons (Fsp3) is 0.333. The fourth-order valence-corrected chi connectivity index (χ4v) is 5.63. The van der Waals surface area contributed by atoms with Gasteiger partial charge in [-0.1, -0.05) is 17.7 Å². The third kappa shape index (κ3) is 7.39. The predicted molar refractivity (Wildman–Crippen MR) is 151 cm³/mol. The fourth-order valence-electron chi connectivity index (χ4n) is 4.88. The van der Waals surface area contributed by atoms with Crippen molar-refractivity contribution in [1.29, 1.82) is 5.26 Å². The molecule has 1 aromatic carbocycles. The average Bonchev–Trinajstić information content (AvgIpc) is 3.70. The van der Waals surface area contributed by atoms with E-state index >= 15 is 0 Å². The van der Waals surface area contributed by atoms with E-state index < -0.39 is 12.1 Å². The van der Waals surface area contributed by atoms with Crippen molar-refractivity contribution in [3.63, 3.8) is 0 Å². The summed E-state index contributed by atoms with van der Waals surface area (Å²) >= 11 is 7.60.